The Morgan fingerprint density at radius 3 is 2.91 bits per heavy atom. The first-order chi connectivity index (χ1) is 5.24. The molecule has 1 aromatic heterocycles. The Labute approximate surface area is 71.2 Å². The van der Waals surface area contributed by atoms with Crippen molar-refractivity contribution < 1.29 is 4.92 Å². The third-order valence-corrected chi connectivity index (χ3v) is 1.83. The summed E-state index contributed by atoms with van der Waals surface area (Å²) >= 11 is 0. The molecule has 0 atom stereocenters. The average molecular weight is 191 g/mol. The van der Waals surface area contributed by atoms with Gasteiger partial charge in [-0.2, -0.15) is 0 Å². The van der Waals surface area contributed by atoms with Gasteiger partial charge in [0.2, 0.25) is 5.03 Å². The van der Waals surface area contributed by atoms with E-state index in [-0.39, 0.29) is 5.82 Å². The molecular formula is C5H3ClN2O2S. The molecule has 0 amide bonds. The van der Waals surface area contributed by atoms with E-state index >= 15 is 0 Å². The second kappa shape index (κ2) is 3.54. The molecule has 1 rings (SSSR count). The van der Waals surface area contributed by atoms with Crippen LogP contribution < -0.4 is 0 Å². The molecule has 11 heavy (non-hydrogen) atoms. The van der Waals surface area contributed by atoms with E-state index in [1.807, 2.05) is 0 Å². The summed E-state index contributed by atoms with van der Waals surface area (Å²) in [6.45, 7) is 0. The molecule has 58 valence electrons. The smallest absolute Gasteiger partial charge is 0.358 e. The minimum absolute atomic E-state index is 0.185. The third kappa shape index (κ3) is 2.06. The quantitative estimate of drug-likeness (QED) is 0.530. The second-order valence-corrected chi connectivity index (χ2v) is 2.70. The van der Waals surface area contributed by atoms with E-state index in [2.05, 4.69) is 4.98 Å². The molecule has 0 aliphatic rings. The molecule has 0 fully saturated rings. The van der Waals surface area contributed by atoms with Gasteiger partial charge in [-0.05, 0) is 32.7 Å². The van der Waals surface area contributed by atoms with Crippen LogP contribution in [0.5, 0.6) is 0 Å². The zero-order valence-corrected chi connectivity index (χ0v) is 6.80. The van der Waals surface area contributed by atoms with Gasteiger partial charge >= 0.3 is 5.82 Å². The van der Waals surface area contributed by atoms with Gasteiger partial charge in [-0.25, -0.2) is 0 Å². The van der Waals surface area contributed by atoms with Crippen LogP contribution in [0.15, 0.2) is 23.2 Å². The number of rotatable bonds is 2. The molecule has 0 saturated heterocycles. The standard InChI is InChI=1S/C5H3ClN2O2S/c6-11-5-3-1-2-4(7-5)8(9)10/h1-3H. The van der Waals surface area contributed by atoms with Crippen LogP contribution >= 0.6 is 21.7 Å². The van der Waals surface area contributed by atoms with E-state index < -0.39 is 4.92 Å². The number of halogens is 1. The molecule has 4 nitrogen and oxygen atoms in total. The van der Waals surface area contributed by atoms with Crippen LogP contribution in [0.3, 0.4) is 0 Å². The van der Waals surface area contributed by atoms with Crippen molar-refractivity contribution in [2.24, 2.45) is 0 Å². The summed E-state index contributed by atoms with van der Waals surface area (Å²) in [4.78, 5) is 13.2. The molecule has 0 unspecified atom stereocenters. The molecule has 0 N–H and O–H groups in total. The summed E-state index contributed by atoms with van der Waals surface area (Å²) in [6, 6.07) is 4.46. The van der Waals surface area contributed by atoms with Crippen LogP contribution in [-0.2, 0) is 0 Å². The van der Waals surface area contributed by atoms with Crippen LogP contribution in [-0.4, -0.2) is 9.91 Å². The Hall–Kier alpha value is -0.810. The number of hydrogen-bond donors (Lipinski definition) is 0. The monoisotopic (exact) mass is 190 g/mol. The third-order valence-electron chi connectivity index (χ3n) is 0.975. The fourth-order valence-electron chi connectivity index (χ4n) is 0.549. The SMILES string of the molecule is O=[N+]([O-])c1cccc(SCl)n1. The maximum absolute atomic E-state index is 10.2. The Balaban J connectivity index is 3.01. The Kier molecular flexibility index (Phi) is 2.67. The van der Waals surface area contributed by atoms with Gasteiger partial charge in [-0.15, -0.1) is 0 Å². The molecule has 0 aromatic carbocycles. The van der Waals surface area contributed by atoms with Crippen molar-refractivity contribution in [3.63, 3.8) is 0 Å². The minimum Gasteiger partial charge on any atom is -0.358 e. The summed E-state index contributed by atoms with van der Waals surface area (Å²) < 4.78 is 0. The van der Waals surface area contributed by atoms with Gasteiger partial charge in [0.05, 0.1) is 0 Å². The van der Waals surface area contributed by atoms with Gasteiger partial charge < -0.3 is 10.1 Å². The van der Waals surface area contributed by atoms with E-state index in [0.29, 0.717) is 5.03 Å². The summed E-state index contributed by atoms with van der Waals surface area (Å²) in [5, 5.41) is 10.6. The number of nitrogens with zero attached hydrogens (tertiary/aromatic N) is 2. The normalized spacial score (nSPS) is 9.55. The molecule has 1 aromatic rings. The molecular weight excluding hydrogens is 188 g/mol. The van der Waals surface area contributed by atoms with Gasteiger partial charge in [0, 0.05) is 17.0 Å². The van der Waals surface area contributed by atoms with Crippen LogP contribution in [0.25, 0.3) is 0 Å². The number of aromatic nitrogens is 1. The Morgan fingerprint density at radius 1 is 1.64 bits per heavy atom. The van der Waals surface area contributed by atoms with E-state index in [9.17, 15) is 10.1 Å². The van der Waals surface area contributed by atoms with Crippen LogP contribution in [0.2, 0.25) is 0 Å². The lowest BCUT2D eigenvalue weighted by atomic mass is 10.5. The van der Waals surface area contributed by atoms with Crippen molar-refractivity contribution in [1.82, 2.24) is 4.98 Å². The molecule has 0 saturated carbocycles. The highest BCUT2D eigenvalue weighted by Gasteiger charge is 2.07. The van der Waals surface area contributed by atoms with Crippen molar-refractivity contribution in [3.05, 3.63) is 28.3 Å². The molecule has 0 radical (unpaired) electrons. The predicted octanol–water partition coefficient (Wildman–Crippen LogP) is 2.24. The molecule has 6 heteroatoms. The lowest BCUT2D eigenvalue weighted by Crippen LogP contribution is -1.91. The van der Waals surface area contributed by atoms with Gasteiger partial charge in [0.15, 0.2) is 0 Å². The predicted molar refractivity (Wildman–Crippen MR) is 42.6 cm³/mol. The summed E-state index contributed by atoms with van der Waals surface area (Å²) in [5.41, 5.74) is 0. The van der Waals surface area contributed by atoms with Gasteiger partial charge in [-0.1, -0.05) is 0 Å². The lowest BCUT2D eigenvalue weighted by molar-refractivity contribution is -0.389. The first-order valence-electron chi connectivity index (χ1n) is 2.64. The fraction of sp³-hybridized carbons (Fsp3) is 0. The second-order valence-electron chi connectivity index (χ2n) is 1.67. The topological polar surface area (TPSA) is 56.0 Å². The highest BCUT2D eigenvalue weighted by atomic mass is 35.7. The molecule has 0 aliphatic carbocycles. The highest BCUT2D eigenvalue weighted by molar-refractivity contribution is 8.21. The van der Waals surface area contributed by atoms with Crippen molar-refractivity contribution in [2.75, 3.05) is 0 Å². The number of nitro groups is 1. The Morgan fingerprint density at radius 2 is 2.36 bits per heavy atom. The van der Waals surface area contributed by atoms with Gasteiger partial charge in [0.1, 0.15) is 0 Å². The van der Waals surface area contributed by atoms with Crippen LogP contribution in [0.1, 0.15) is 0 Å². The van der Waals surface area contributed by atoms with E-state index in [4.69, 9.17) is 10.7 Å². The molecule has 0 bridgehead atoms. The first-order valence-corrected chi connectivity index (χ1v) is 4.28. The zero-order valence-electron chi connectivity index (χ0n) is 5.23. The minimum atomic E-state index is -0.559. The van der Waals surface area contributed by atoms with Crippen LogP contribution in [0, 0.1) is 10.1 Å². The summed E-state index contributed by atoms with van der Waals surface area (Å²) in [7, 11) is 6.19. The van der Waals surface area contributed by atoms with Gasteiger partial charge in [-0.3, -0.25) is 0 Å². The molecule has 0 aliphatic heterocycles. The first kappa shape index (κ1) is 8.29. The number of hydrogen-bond acceptors (Lipinski definition) is 4. The molecule has 0 spiro atoms. The van der Waals surface area contributed by atoms with E-state index in [0.717, 1.165) is 11.0 Å². The summed E-state index contributed by atoms with van der Waals surface area (Å²) in [6.07, 6.45) is 0. The maximum atomic E-state index is 10.2. The van der Waals surface area contributed by atoms with Crippen molar-refractivity contribution in [2.45, 2.75) is 5.03 Å². The average Bonchev–Trinajstić information content (AvgIpc) is 2.05. The Bertz CT molecular complexity index is 281. The largest absolute Gasteiger partial charge is 0.364 e. The van der Waals surface area contributed by atoms with Crippen molar-refractivity contribution >= 4 is 27.5 Å². The maximum Gasteiger partial charge on any atom is 0.364 e. The van der Waals surface area contributed by atoms with E-state index in [1.54, 1.807) is 6.07 Å². The summed E-state index contributed by atoms with van der Waals surface area (Å²) in [5.74, 6) is -0.185. The number of pyridine rings is 1. The zero-order chi connectivity index (χ0) is 8.27. The highest BCUT2D eigenvalue weighted by Crippen LogP contribution is 2.21. The molecule has 1 heterocycles. The van der Waals surface area contributed by atoms with E-state index in [1.165, 1.54) is 12.1 Å². The lowest BCUT2D eigenvalue weighted by Gasteiger charge is -1.90. The fourth-order valence-corrected chi connectivity index (χ4v) is 1.06. The van der Waals surface area contributed by atoms with Crippen LogP contribution in [0.4, 0.5) is 5.82 Å². The van der Waals surface area contributed by atoms with Gasteiger partial charge in [0.25, 0.3) is 0 Å². The van der Waals surface area contributed by atoms with Crippen molar-refractivity contribution in [3.8, 4) is 0 Å². The van der Waals surface area contributed by atoms with Crippen molar-refractivity contribution in [1.29, 1.82) is 0 Å².